The van der Waals surface area contributed by atoms with Crippen molar-refractivity contribution in [3.8, 4) is 0 Å². The monoisotopic (exact) mass is 316 g/mol. The molecule has 4 heterocycles. The molecule has 6 heteroatoms. The van der Waals surface area contributed by atoms with Gasteiger partial charge in [-0.1, -0.05) is 0 Å². The van der Waals surface area contributed by atoms with Crippen LogP contribution in [0.15, 0.2) is 12.3 Å². The molecule has 0 aromatic carbocycles. The van der Waals surface area contributed by atoms with E-state index in [1.807, 2.05) is 19.2 Å². The number of rotatable bonds is 2. The van der Waals surface area contributed by atoms with Gasteiger partial charge in [-0.25, -0.2) is 9.97 Å². The molecule has 0 aliphatic carbocycles. The number of carbonyl (C=O) groups excluding carboxylic acids is 1. The van der Waals surface area contributed by atoms with E-state index < -0.39 is 0 Å². The van der Waals surface area contributed by atoms with Crippen molar-refractivity contribution in [2.75, 3.05) is 44.3 Å². The van der Waals surface area contributed by atoms with Gasteiger partial charge in [0.05, 0.1) is 0 Å². The molecule has 124 valence electrons. The molecule has 3 aliphatic rings. The molecular weight excluding hydrogens is 292 g/mol. The first-order chi connectivity index (χ1) is 11.2. The molecule has 3 fully saturated rings. The third kappa shape index (κ3) is 2.92. The number of ether oxygens (including phenoxy) is 1. The molecule has 0 radical (unpaired) electrons. The number of likely N-dealkylation sites (tertiary alicyclic amines) is 1. The maximum atomic E-state index is 12.7. The van der Waals surface area contributed by atoms with Crippen LogP contribution in [0.2, 0.25) is 0 Å². The van der Waals surface area contributed by atoms with E-state index in [-0.39, 0.29) is 5.92 Å². The number of aromatic nitrogens is 2. The lowest BCUT2D eigenvalue weighted by atomic mass is 9.99. The number of fused-ring (bicyclic) bond motifs is 1. The molecule has 0 saturated carbocycles. The molecule has 0 N–H and O–H groups in total. The number of carbonyl (C=O) groups is 1. The van der Waals surface area contributed by atoms with E-state index in [4.69, 9.17) is 4.74 Å². The molecular formula is C17H24N4O2. The minimum absolute atomic E-state index is 0.179. The number of hydrogen-bond acceptors (Lipinski definition) is 5. The summed E-state index contributed by atoms with van der Waals surface area (Å²) in [6.45, 7) is 7.17. The molecule has 3 aliphatic heterocycles. The van der Waals surface area contributed by atoms with Gasteiger partial charge in [0.25, 0.3) is 0 Å². The molecule has 4 rings (SSSR count). The Bertz CT molecular complexity index is 574. The zero-order valence-electron chi connectivity index (χ0n) is 13.6. The second kappa shape index (κ2) is 6.07. The number of nitrogens with zero attached hydrogens (tertiary/aromatic N) is 4. The Morgan fingerprint density at radius 3 is 2.52 bits per heavy atom. The normalized spacial score (nSPS) is 28.2. The van der Waals surface area contributed by atoms with Crippen LogP contribution in [0.3, 0.4) is 0 Å². The predicted molar refractivity (Wildman–Crippen MR) is 86.1 cm³/mol. The molecule has 1 aromatic heterocycles. The summed E-state index contributed by atoms with van der Waals surface area (Å²) in [6, 6.07) is 1.93. The molecule has 2 unspecified atom stereocenters. The summed E-state index contributed by atoms with van der Waals surface area (Å²) in [5, 5.41) is 0. The Morgan fingerprint density at radius 1 is 1.17 bits per heavy atom. The molecule has 23 heavy (non-hydrogen) atoms. The van der Waals surface area contributed by atoms with Gasteiger partial charge in [-0.15, -0.1) is 0 Å². The Balaban J connectivity index is 1.37. The minimum Gasteiger partial charge on any atom is -0.381 e. The van der Waals surface area contributed by atoms with E-state index in [0.717, 1.165) is 63.9 Å². The highest BCUT2D eigenvalue weighted by molar-refractivity contribution is 5.79. The van der Waals surface area contributed by atoms with Crippen LogP contribution in [0.25, 0.3) is 0 Å². The second-order valence-electron chi connectivity index (χ2n) is 7.05. The van der Waals surface area contributed by atoms with Gasteiger partial charge in [0.15, 0.2) is 0 Å². The summed E-state index contributed by atoms with van der Waals surface area (Å²) in [4.78, 5) is 26.0. The standard InChI is InChI=1S/C17H24N4O2/c1-12-2-5-18-17(19-12)21-10-14-8-20(9-15(14)11-21)16(22)13-3-6-23-7-4-13/h2,5,13-15H,3-4,6-11H2,1H3. The second-order valence-corrected chi connectivity index (χ2v) is 7.05. The molecule has 3 saturated heterocycles. The summed E-state index contributed by atoms with van der Waals surface area (Å²) < 4.78 is 5.37. The van der Waals surface area contributed by atoms with E-state index >= 15 is 0 Å². The summed E-state index contributed by atoms with van der Waals surface area (Å²) >= 11 is 0. The maximum absolute atomic E-state index is 12.7. The minimum atomic E-state index is 0.179. The van der Waals surface area contributed by atoms with Gasteiger partial charge in [-0.3, -0.25) is 4.79 Å². The van der Waals surface area contributed by atoms with E-state index in [1.54, 1.807) is 0 Å². The van der Waals surface area contributed by atoms with Crippen LogP contribution in [0, 0.1) is 24.7 Å². The van der Waals surface area contributed by atoms with Gasteiger partial charge >= 0.3 is 0 Å². The first-order valence-electron chi connectivity index (χ1n) is 8.62. The number of hydrogen-bond donors (Lipinski definition) is 0. The maximum Gasteiger partial charge on any atom is 0.225 e. The van der Waals surface area contributed by atoms with Crippen molar-refractivity contribution in [1.29, 1.82) is 0 Å². The number of amides is 1. The Morgan fingerprint density at radius 2 is 1.87 bits per heavy atom. The van der Waals surface area contributed by atoms with Crippen molar-refractivity contribution in [3.63, 3.8) is 0 Å². The van der Waals surface area contributed by atoms with Crippen molar-refractivity contribution in [2.45, 2.75) is 19.8 Å². The smallest absolute Gasteiger partial charge is 0.225 e. The lowest BCUT2D eigenvalue weighted by molar-refractivity contribution is -0.137. The van der Waals surface area contributed by atoms with Crippen LogP contribution >= 0.6 is 0 Å². The fourth-order valence-electron chi connectivity index (χ4n) is 4.13. The predicted octanol–water partition coefficient (Wildman–Crippen LogP) is 1.11. The van der Waals surface area contributed by atoms with E-state index in [9.17, 15) is 4.79 Å². The molecule has 1 amide bonds. The molecule has 6 nitrogen and oxygen atoms in total. The Labute approximate surface area is 136 Å². The first-order valence-corrected chi connectivity index (χ1v) is 8.62. The van der Waals surface area contributed by atoms with Crippen LogP contribution < -0.4 is 4.90 Å². The van der Waals surface area contributed by atoms with Gasteiger partial charge in [0.1, 0.15) is 0 Å². The summed E-state index contributed by atoms with van der Waals surface area (Å²) in [6.07, 6.45) is 3.59. The first kappa shape index (κ1) is 14.9. The Kier molecular flexibility index (Phi) is 3.93. The average Bonchev–Trinajstić information content (AvgIpc) is 3.14. The van der Waals surface area contributed by atoms with Gasteiger partial charge in [0.2, 0.25) is 11.9 Å². The van der Waals surface area contributed by atoms with Crippen LogP contribution in [0.4, 0.5) is 5.95 Å². The highest BCUT2D eigenvalue weighted by Gasteiger charge is 2.43. The molecule has 2 atom stereocenters. The van der Waals surface area contributed by atoms with Crippen molar-refractivity contribution in [1.82, 2.24) is 14.9 Å². The fourth-order valence-corrected chi connectivity index (χ4v) is 4.13. The topological polar surface area (TPSA) is 58.6 Å². The zero-order valence-corrected chi connectivity index (χ0v) is 13.6. The number of aryl methyl sites for hydroxylation is 1. The largest absolute Gasteiger partial charge is 0.381 e. The van der Waals surface area contributed by atoms with Crippen molar-refractivity contribution in [2.24, 2.45) is 17.8 Å². The highest BCUT2D eigenvalue weighted by Crippen LogP contribution is 2.34. The molecule has 0 bridgehead atoms. The van der Waals surface area contributed by atoms with Gasteiger partial charge < -0.3 is 14.5 Å². The SMILES string of the molecule is Cc1ccnc(N2CC3CN(C(=O)C4CCOCC4)CC3C2)n1. The van der Waals surface area contributed by atoms with Crippen molar-refractivity contribution >= 4 is 11.9 Å². The highest BCUT2D eigenvalue weighted by atomic mass is 16.5. The summed E-state index contributed by atoms with van der Waals surface area (Å²) in [5.74, 6) is 2.48. The van der Waals surface area contributed by atoms with E-state index in [2.05, 4.69) is 19.8 Å². The third-order valence-corrected chi connectivity index (χ3v) is 5.43. The van der Waals surface area contributed by atoms with E-state index in [1.165, 1.54) is 0 Å². The lowest BCUT2D eigenvalue weighted by Gasteiger charge is -2.27. The van der Waals surface area contributed by atoms with Gasteiger partial charge in [0, 0.05) is 69.0 Å². The zero-order chi connectivity index (χ0) is 15.8. The van der Waals surface area contributed by atoms with Crippen LogP contribution in [-0.2, 0) is 9.53 Å². The van der Waals surface area contributed by atoms with Gasteiger partial charge in [-0.05, 0) is 25.8 Å². The van der Waals surface area contributed by atoms with Gasteiger partial charge in [-0.2, -0.15) is 0 Å². The number of anilines is 1. The summed E-state index contributed by atoms with van der Waals surface area (Å²) in [5.41, 5.74) is 1.00. The fraction of sp³-hybridized carbons (Fsp3) is 0.706. The Hall–Kier alpha value is -1.69. The van der Waals surface area contributed by atoms with Crippen molar-refractivity contribution < 1.29 is 9.53 Å². The molecule has 1 aromatic rings. The third-order valence-electron chi connectivity index (χ3n) is 5.43. The summed E-state index contributed by atoms with van der Waals surface area (Å²) in [7, 11) is 0. The van der Waals surface area contributed by atoms with Crippen LogP contribution in [0.1, 0.15) is 18.5 Å². The van der Waals surface area contributed by atoms with Crippen molar-refractivity contribution in [3.05, 3.63) is 18.0 Å². The van der Waals surface area contributed by atoms with Crippen LogP contribution in [-0.4, -0.2) is 60.2 Å². The quantitative estimate of drug-likeness (QED) is 0.818. The van der Waals surface area contributed by atoms with Crippen LogP contribution in [0.5, 0.6) is 0 Å². The lowest BCUT2D eigenvalue weighted by Crippen LogP contribution is -2.39. The van der Waals surface area contributed by atoms with E-state index in [0.29, 0.717) is 17.7 Å². The molecule has 0 spiro atoms. The average molecular weight is 316 g/mol.